The summed E-state index contributed by atoms with van der Waals surface area (Å²) in [6.45, 7) is 11.8. The van der Waals surface area contributed by atoms with Gasteiger partial charge in [-0.15, -0.1) is 0 Å². The highest BCUT2D eigenvalue weighted by Gasteiger charge is 2.39. The number of piperidine rings is 1. The molecule has 0 saturated carbocycles. The molecule has 0 unspecified atom stereocenters. The first-order chi connectivity index (χ1) is 29.5. The maximum atomic E-state index is 14.0. The number of nitrogens with two attached hydrogens (primary N) is 1. The molecule has 5 aliphatic rings. The summed E-state index contributed by atoms with van der Waals surface area (Å²) in [6.07, 6.45) is 6.08. The first-order valence-corrected chi connectivity index (χ1v) is 21.5. The van der Waals surface area contributed by atoms with Gasteiger partial charge in [-0.1, -0.05) is 32.0 Å². The van der Waals surface area contributed by atoms with Crippen LogP contribution in [0.15, 0.2) is 42.7 Å². The molecule has 4 N–H and O–H groups in total. The number of rotatable bonds is 8. The average molecular weight is 831 g/mol. The van der Waals surface area contributed by atoms with Crippen LogP contribution >= 0.6 is 0 Å². The molecule has 3 fully saturated rings. The summed E-state index contributed by atoms with van der Waals surface area (Å²) in [4.78, 5) is 69.7. The minimum atomic E-state index is -0.260. The van der Waals surface area contributed by atoms with E-state index in [1.807, 2.05) is 23.6 Å². The number of hydrogen-bond acceptors (Lipinski definition) is 13. The number of carbonyl (C=O) groups excluding carboxylic acids is 3. The first kappa shape index (κ1) is 40.5. The molecule has 16 nitrogen and oxygen atoms in total. The number of aromatic hydroxyl groups is 2. The second kappa shape index (κ2) is 16.9. The van der Waals surface area contributed by atoms with Gasteiger partial charge in [0, 0.05) is 82.3 Å². The van der Waals surface area contributed by atoms with E-state index in [-0.39, 0.29) is 58.5 Å². The van der Waals surface area contributed by atoms with E-state index < -0.39 is 0 Å². The van der Waals surface area contributed by atoms with Gasteiger partial charge in [-0.05, 0) is 73.0 Å². The number of phenols is 2. The Morgan fingerprint density at radius 1 is 0.803 bits per heavy atom. The molecule has 3 saturated heterocycles. The summed E-state index contributed by atoms with van der Waals surface area (Å²) < 4.78 is 5.61. The molecule has 320 valence electrons. The molecule has 9 rings (SSSR count). The van der Waals surface area contributed by atoms with E-state index in [0.29, 0.717) is 82.3 Å². The minimum absolute atomic E-state index is 0.00289. The third-order valence-corrected chi connectivity index (χ3v) is 13.1. The summed E-state index contributed by atoms with van der Waals surface area (Å²) >= 11 is 0. The number of nitrogen functional groups attached to an aromatic ring is 1. The van der Waals surface area contributed by atoms with E-state index in [4.69, 9.17) is 20.4 Å². The Hall–Kier alpha value is -5.87. The Kier molecular flexibility index (Phi) is 11.2. The van der Waals surface area contributed by atoms with Crippen molar-refractivity contribution in [1.29, 1.82) is 0 Å². The van der Waals surface area contributed by atoms with Crippen molar-refractivity contribution in [1.82, 2.24) is 39.5 Å². The van der Waals surface area contributed by atoms with Gasteiger partial charge in [-0.25, -0.2) is 19.9 Å². The summed E-state index contributed by atoms with van der Waals surface area (Å²) in [7, 11) is 0. The summed E-state index contributed by atoms with van der Waals surface area (Å²) in [5, 5.41) is 20.8. The number of nitrogens with zero attached hydrogens (tertiary/aromatic N) is 9. The van der Waals surface area contributed by atoms with Crippen molar-refractivity contribution in [2.24, 2.45) is 11.8 Å². The highest BCUT2D eigenvalue weighted by molar-refractivity contribution is 5.97. The Balaban J connectivity index is 0.778. The number of benzene rings is 2. The van der Waals surface area contributed by atoms with Crippen molar-refractivity contribution in [3.05, 3.63) is 81.8 Å². The number of morpholine rings is 1. The predicted octanol–water partition coefficient (Wildman–Crippen LogP) is 3.69. The second-order valence-electron chi connectivity index (χ2n) is 17.4. The average Bonchev–Trinajstić information content (AvgIpc) is 3.94. The fourth-order valence-corrected chi connectivity index (χ4v) is 9.58. The predicted molar refractivity (Wildman–Crippen MR) is 226 cm³/mol. The standard InChI is InChI=1S/C45H54N10O6/c1-27(2)35-18-36(39(57)19-38(35)56)44(60)55-23-30-4-3-28(17-32(30)25-55)22-51-9-5-29(6-10-51)42(58)53-11-7-31(24-53)43(59)54-12-8-34-37(26-54)49-40(33-20-47-45(46)48-21-33)50-41(34)52-13-15-61-16-14-52/h3-4,17-21,27,29,31,56-57H,5-16,22-26H2,1-2H3,(H2,46,47,48)/t31-/m0/s1. The molecule has 16 heteroatoms. The molecule has 0 radical (unpaired) electrons. The maximum Gasteiger partial charge on any atom is 0.258 e. The quantitative estimate of drug-likeness (QED) is 0.233. The third kappa shape index (κ3) is 8.30. The molecule has 5 aliphatic heterocycles. The lowest BCUT2D eigenvalue weighted by Crippen LogP contribution is -2.44. The monoisotopic (exact) mass is 830 g/mol. The zero-order valence-corrected chi connectivity index (χ0v) is 34.9. The van der Waals surface area contributed by atoms with Crippen LogP contribution in [0.1, 0.15) is 82.9 Å². The molecule has 4 aromatic rings. The Morgan fingerprint density at radius 2 is 1.52 bits per heavy atom. The number of ether oxygens (including phenoxy) is 1. The Labute approximate surface area is 355 Å². The largest absolute Gasteiger partial charge is 0.508 e. The van der Waals surface area contributed by atoms with Crippen LogP contribution in [0.4, 0.5) is 11.8 Å². The van der Waals surface area contributed by atoms with Crippen molar-refractivity contribution in [2.45, 2.75) is 71.6 Å². The SMILES string of the molecule is CC(C)c1cc(C(=O)N2Cc3ccc(CN4CCC(C(=O)N5CC[C@H](C(=O)N6CCc7c(nc(-c8cnc(N)nc8)nc7N7CCOCC7)C6)C5)CC4)cc3C2)c(O)cc1O. The molecule has 0 aliphatic carbocycles. The highest BCUT2D eigenvalue weighted by Crippen LogP contribution is 2.36. The van der Waals surface area contributed by atoms with Crippen molar-refractivity contribution in [3.63, 3.8) is 0 Å². The normalized spacial score (nSPS) is 19.7. The molecule has 0 bridgehead atoms. The summed E-state index contributed by atoms with van der Waals surface area (Å²) in [5.41, 5.74) is 12.5. The van der Waals surface area contributed by atoms with E-state index in [1.165, 1.54) is 6.07 Å². The summed E-state index contributed by atoms with van der Waals surface area (Å²) in [5.74, 6) is 0.974. The van der Waals surface area contributed by atoms with Crippen molar-refractivity contribution >= 4 is 29.5 Å². The molecular weight excluding hydrogens is 777 g/mol. The third-order valence-electron chi connectivity index (χ3n) is 13.1. The number of amides is 3. The number of carbonyl (C=O) groups is 3. The van der Waals surface area contributed by atoms with Crippen LogP contribution in [0.3, 0.4) is 0 Å². The minimum Gasteiger partial charge on any atom is -0.508 e. The molecule has 61 heavy (non-hydrogen) atoms. The lowest BCUT2D eigenvalue weighted by atomic mass is 9.94. The van der Waals surface area contributed by atoms with Crippen LogP contribution in [0.5, 0.6) is 11.5 Å². The van der Waals surface area contributed by atoms with Gasteiger partial charge in [-0.2, -0.15) is 0 Å². The van der Waals surface area contributed by atoms with Crippen LogP contribution in [0, 0.1) is 11.8 Å². The van der Waals surface area contributed by atoms with E-state index in [9.17, 15) is 24.6 Å². The summed E-state index contributed by atoms with van der Waals surface area (Å²) in [6, 6.07) is 9.23. The lowest BCUT2D eigenvalue weighted by molar-refractivity contribution is -0.138. The zero-order valence-electron chi connectivity index (χ0n) is 34.9. The van der Waals surface area contributed by atoms with Gasteiger partial charge in [-0.3, -0.25) is 19.3 Å². The number of phenolic OH excluding ortho intramolecular Hbond substituents is 2. The highest BCUT2D eigenvalue weighted by atomic mass is 16.5. The fourth-order valence-electron chi connectivity index (χ4n) is 9.58. The van der Waals surface area contributed by atoms with Crippen LogP contribution in [-0.2, 0) is 46.9 Å². The van der Waals surface area contributed by atoms with Crippen LogP contribution in [-0.4, -0.2) is 126 Å². The van der Waals surface area contributed by atoms with Gasteiger partial charge >= 0.3 is 0 Å². The molecule has 2 aromatic heterocycles. The van der Waals surface area contributed by atoms with Gasteiger partial charge < -0.3 is 40.3 Å². The molecule has 1 atom stereocenters. The van der Waals surface area contributed by atoms with Gasteiger partial charge in [0.15, 0.2) is 5.82 Å². The fraction of sp³-hybridized carbons (Fsp3) is 0.489. The number of aromatic nitrogens is 4. The van der Waals surface area contributed by atoms with Crippen molar-refractivity contribution in [3.8, 4) is 22.9 Å². The van der Waals surface area contributed by atoms with Crippen molar-refractivity contribution in [2.75, 3.05) is 69.7 Å². The van der Waals surface area contributed by atoms with E-state index in [1.54, 1.807) is 23.4 Å². The molecule has 3 amide bonds. The smallest absolute Gasteiger partial charge is 0.258 e. The maximum absolute atomic E-state index is 14.0. The van der Waals surface area contributed by atoms with Gasteiger partial charge in [0.25, 0.3) is 5.91 Å². The topological polar surface area (TPSA) is 195 Å². The van der Waals surface area contributed by atoms with Gasteiger partial charge in [0.2, 0.25) is 17.8 Å². The van der Waals surface area contributed by atoms with Crippen LogP contribution in [0.2, 0.25) is 0 Å². The first-order valence-electron chi connectivity index (χ1n) is 21.5. The Morgan fingerprint density at radius 3 is 2.28 bits per heavy atom. The number of fused-ring (bicyclic) bond motifs is 2. The van der Waals surface area contributed by atoms with E-state index >= 15 is 0 Å². The number of likely N-dealkylation sites (tertiary alicyclic amines) is 2. The van der Waals surface area contributed by atoms with Gasteiger partial charge in [0.1, 0.15) is 17.3 Å². The molecule has 7 heterocycles. The van der Waals surface area contributed by atoms with E-state index in [0.717, 1.165) is 79.3 Å². The molecular formula is C45H54N10O6. The molecule has 2 aromatic carbocycles. The number of anilines is 2. The number of hydrogen-bond donors (Lipinski definition) is 3. The second-order valence-corrected chi connectivity index (χ2v) is 17.4. The Bertz CT molecular complexity index is 2330. The van der Waals surface area contributed by atoms with Gasteiger partial charge in [0.05, 0.1) is 42.5 Å². The van der Waals surface area contributed by atoms with E-state index in [2.05, 4.69) is 38.0 Å². The van der Waals surface area contributed by atoms with Crippen LogP contribution in [0.25, 0.3) is 11.4 Å². The van der Waals surface area contributed by atoms with Crippen LogP contribution < -0.4 is 10.6 Å². The van der Waals surface area contributed by atoms with Crippen molar-refractivity contribution < 1.29 is 29.3 Å². The zero-order chi connectivity index (χ0) is 42.4. The molecule has 0 spiro atoms. The lowest BCUT2D eigenvalue weighted by Gasteiger charge is -2.35.